The zero-order valence-corrected chi connectivity index (χ0v) is 15.4. The Bertz CT molecular complexity index is 630. The standard InChI is InChI=1S/C17H21Cl2N3O3/c18-13-2-1-3-14(19)16(13)20-17(24)12-10-15(23)22(11-12)5-4-21-6-8-25-9-7-21/h1-3,12H,4-11H2,(H,20,24). The summed E-state index contributed by atoms with van der Waals surface area (Å²) in [7, 11) is 0. The Labute approximate surface area is 157 Å². The van der Waals surface area contributed by atoms with Crippen LogP contribution >= 0.6 is 23.2 Å². The van der Waals surface area contributed by atoms with Gasteiger partial charge in [-0.15, -0.1) is 0 Å². The normalized spacial score (nSPS) is 21.6. The second kappa shape index (κ2) is 8.36. The average Bonchev–Trinajstić information content (AvgIpc) is 2.98. The first-order valence-corrected chi connectivity index (χ1v) is 9.13. The molecule has 2 aliphatic rings. The maximum absolute atomic E-state index is 12.5. The average molecular weight is 386 g/mol. The molecule has 2 aliphatic heterocycles. The molecule has 0 aliphatic carbocycles. The quantitative estimate of drug-likeness (QED) is 0.842. The second-order valence-corrected chi connectivity index (χ2v) is 7.10. The first kappa shape index (κ1) is 18.5. The van der Waals surface area contributed by atoms with Gasteiger partial charge < -0.3 is 15.0 Å². The highest BCUT2D eigenvalue weighted by molar-refractivity contribution is 6.39. The van der Waals surface area contributed by atoms with Crippen molar-refractivity contribution in [2.75, 3.05) is 51.3 Å². The van der Waals surface area contributed by atoms with Gasteiger partial charge in [-0.05, 0) is 12.1 Å². The molecule has 0 bridgehead atoms. The predicted octanol–water partition coefficient (Wildman–Crippen LogP) is 2.11. The van der Waals surface area contributed by atoms with Gasteiger partial charge in [0.15, 0.2) is 0 Å². The lowest BCUT2D eigenvalue weighted by atomic mass is 10.1. The van der Waals surface area contributed by atoms with Gasteiger partial charge in [0.05, 0.1) is 34.9 Å². The first-order valence-electron chi connectivity index (χ1n) is 8.37. The maximum atomic E-state index is 12.5. The number of carbonyl (C=O) groups is 2. The lowest BCUT2D eigenvalue weighted by molar-refractivity contribution is -0.128. The maximum Gasteiger partial charge on any atom is 0.229 e. The van der Waals surface area contributed by atoms with E-state index in [1.807, 2.05) is 0 Å². The number of nitrogens with one attached hydrogen (secondary N) is 1. The monoisotopic (exact) mass is 385 g/mol. The predicted molar refractivity (Wildman–Crippen MR) is 97.0 cm³/mol. The van der Waals surface area contributed by atoms with Crippen LogP contribution in [0.2, 0.25) is 10.0 Å². The number of para-hydroxylation sites is 1. The molecule has 2 saturated heterocycles. The second-order valence-electron chi connectivity index (χ2n) is 6.28. The molecular weight excluding hydrogens is 365 g/mol. The van der Waals surface area contributed by atoms with Gasteiger partial charge >= 0.3 is 0 Å². The number of nitrogens with zero attached hydrogens (tertiary/aromatic N) is 2. The molecule has 8 heteroatoms. The number of benzene rings is 1. The van der Waals surface area contributed by atoms with Gasteiger partial charge in [-0.2, -0.15) is 0 Å². The van der Waals surface area contributed by atoms with Crippen LogP contribution in [-0.4, -0.2) is 67.6 Å². The van der Waals surface area contributed by atoms with Crippen molar-refractivity contribution in [3.05, 3.63) is 28.2 Å². The molecule has 0 radical (unpaired) electrons. The van der Waals surface area contributed by atoms with Gasteiger partial charge in [0.25, 0.3) is 0 Å². The van der Waals surface area contributed by atoms with E-state index in [0.717, 1.165) is 32.8 Å². The lowest BCUT2D eigenvalue weighted by Crippen LogP contribution is -2.42. The number of hydrogen-bond donors (Lipinski definition) is 1. The van der Waals surface area contributed by atoms with Crippen molar-refractivity contribution >= 4 is 40.7 Å². The fourth-order valence-electron chi connectivity index (χ4n) is 3.09. The number of rotatable bonds is 5. The summed E-state index contributed by atoms with van der Waals surface area (Å²) in [5.74, 6) is -0.597. The third kappa shape index (κ3) is 4.64. The van der Waals surface area contributed by atoms with Gasteiger partial charge in [0, 0.05) is 39.1 Å². The molecule has 0 spiro atoms. The molecule has 1 aromatic rings. The van der Waals surface area contributed by atoms with Crippen LogP contribution in [0.25, 0.3) is 0 Å². The Morgan fingerprint density at radius 2 is 1.88 bits per heavy atom. The smallest absolute Gasteiger partial charge is 0.229 e. The van der Waals surface area contributed by atoms with Crippen LogP contribution in [0.5, 0.6) is 0 Å². The number of carbonyl (C=O) groups excluding carboxylic acids is 2. The summed E-state index contributed by atoms with van der Waals surface area (Å²) < 4.78 is 5.32. The summed E-state index contributed by atoms with van der Waals surface area (Å²) in [6.07, 6.45) is 0.219. The van der Waals surface area contributed by atoms with Gasteiger partial charge in [-0.1, -0.05) is 29.3 Å². The summed E-state index contributed by atoms with van der Waals surface area (Å²) >= 11 is 12.2. The highest BCUT2D eigenvalue weighted by Gasteiger charge is 2.34. The molecule has 1 unspecified atom stereocenters. The van der Waals surface area contributed by atoms with E-state index < -0.39 is 0 Å². The van der Waals surface area contributed by atoms with E-state index in [0.29, 0.717) is 28.8 Å². The van der Waals surface area contributed by atoms with E-state index in [-0.39, 0.29) is 24.2 Å². The summed E-state index contributed by atoms with van der Waals surface area (Å²) in [6.45, 7) is 5.11. The van der Waals surface area contributed by atoms with Crippen LogP contribution in [-0.2, 0) is 14.3 Å². The number of morpholine rings is 1. The van der Waals surface area contributed by atoms with Gasteiger partial charge in [0.2, 0.25) is 11.8 Å². The number of amides is 2. The highest BCUT2D eigenvalue weighted by Crippen LogP contribution is 2.31. The summed E-state index contributed by atoms with van der Waals surface area (Å²) in [5, 5.41) is 3.53. The molecule has 1 aromatic carbocycles. The number of hydrogen-bond acceptors (Lipinski definition) is 4. The van der Waals surface area contributed by atoms with Crippen molar-refractivity contribution in [2.24, 2.45) is 5.92 Å². The Balaban J connectivity index is 1.53. The number of ether oxygens (including phenoxy) is 1. The minimum Gasteiger partial charge on any atom is -0.379 e. The van der Waals surface area contributed by atoms with E-state index in [4.69, 9.17) is 27.9 Å². The van der Waals surface area contributed by atoms with Crippen LogP contribution in [0.3, 0.4) is 0 Å². The number of anilines is 1. The zero-order valence-electron chi connectivity index (χ0n) is 13.8. The van der Waals surface area contributed by atoms with Gasteiger partial charge in [0.1, 0.15) is 0 Å². The minimum atomic E-state index is -0.385. The fourth-order valence-corrected chi connectivity index (χ4v) is 3.59. The lowest BCUT2D eigenvalue weighted by Gasteiger charge is -2.28. The first-order chi connectivity index (χ1) is 12.0. The largest absolute Gasteiger partial charge is 0.379 e. The van der Waals surface area contributed by atoms with Crippen LogP contribution in [0, 0.1) is 5.92 Å². The molecule has 0 saturated carbocycles. The van der Waals surface area contributed by atoms with Crippen molar-refractivity contribution in [2.45, 2.75) is 6.42 Å². The number of likely N-dealkylation sites (tertiary alicyclic amines) is 1. The molecule has 2 heterocycles. The minimum absolute atomic E-state index is 0.0127. The molecular formula is C17H21Cl2N3O3. The molecule has 3 rings (SSSR count). The summed E-state index contributed by atoms with van der Waals surface area (Å²) in [6, 6.07) is 5.04. The Hall–Kier alpha value is -1.34. The van der Waals surface area contributed by atoms with E-state index >= 15 is 0 Å². The van der Waals surface area contributed by atoms with Crippen LogP contribution in [0.1, 0.15) is 6.42 Å². The Kier molecular flexibility index (Phi) is 6.17. The molecule has 136 valence electrons. The summed E-state index contributed by atoms with van der Waals surface area (Å²) in [5.41, 5.74) is 0.398. The Morgan fingerprint density at radius 3 is 2.56 bits per heavy atom. The van der Waals surface area contributed by atoms with Gasteiger partial charge in [-0.25, -0.2) is 0 Å². The van der Waals surface area contributed by atoms with E-state index in [1.54, 1.807) is 23.1 Å². The third-order valence-electron chi connectivity index (χ3n) is 4.59. The molecule has 1 N–H and O–H groups in total. The molecule has 6 nitrogen and oxygen atoms in total. The molecule has 1 atom stereocenters. The van der Waals surface area contributed by atoms with E-state index in [9.17, 15) is 9.59 Å². The van der Waals surface area contributed by atoms with Crippen molar-refractivity contribution in [1.29, 1.82) is 0 Å². The molecule has 2 fully saturated rings. The SMILES string of the molecule is O=C(Nc1c(Cl)cccc1Cl)C1CC(=O)N(CCN2CCOCC2)C1. The van der Waals surface area contributed by atoms with Crippen molar-refractivity contribution < 1.29 is 14.3 Å². The van der Waals surface area contributed by atoms with Crippen LogP contribution in [0.4, 0.5) is 5.69 Å². The number of halogens is 2. The van der Waals surface area contributed by atoms with Crippen molar-refractivity contribution in [1.82, 2.24) is 9.80 Å². The molecule has 0 aromatic heterocycles. The summed E-state index contributed by atoms with van der Waals surface area (Å²) in [4.78, 5) is 28.7. The van der Waals surface area contributed by atoms with Crippen molar-refractivity contribution in [3.8, 4) is 0 Å². The van der Waals surface area contributed by atoms with Crippen molar-refractivity contribution in [3.63, 3.8) is 0 Å². The van der Waals surface area contributed by atoms with Crippen LogP contribution < -0.4 is 5.32 Å². The highest BCUT2D eigenvalue weighted by atomic mass is 35.5. The van der Waals surface area contributed by atoms with Crippen LogP contribution in [0.15, 0.2) is 18.2 Å². The van der Waals surface area contributed by atoms with E-state index in [1.165, 1.54) is 0 Å². The topological polar surface area (TPSA) is 61.9 Å². The van der Waals surface area contributed by atoms with E-state index in [2.05, 4.69) is 10.2 Å². The fraction of sp³-hybridized carbons (Fsp3) is 0.529. The van der Waals surface area contributed by atoms with Gasteiger partial charge in [-0.3, -0.25) is 14.5 Å². The zero-order chi connectivity index (χ0) is 17.8. The third-order valence-corrected chi connectivity index (χ3v) is 5.22. The molecule has 2 amide bonds. The Morgan fingerprint density at radius 1 is 1.20 bits per heavy atom. The molecule has 25 heavy (non-hydrogen) atoms.